The lowest BCUT2D eigenvalue weighted by Gasteiger charge is -2.27. The van der Waals surface area contributed by atoms with Gasteiger partial charge in [0.15, 0.2) is 0 Å². The van der Waals surface area contributed by atoms with E-state index in [-0.39, 0.29) is 18.5 Å². The van der Waals surface area contributed by atoms with E-state index in [9.17, 15) is 9.50 Å². The molecule has 0 amide bonds. The molecule has 1 aromatic carbocycles. The van der Waals surface area contributed by atoms with Crippen LogP contribution in [-0.2, 0) is 6.54 Å². The van der Waals surface area contributed by atoms with Crippen molar-refractivity contribution in [1.29, 1.82) is 0 Å². The zero-order valence-corrected chi connectivity index (χ0v) is 12.4. The van der Waals surface area contributed by atoms with Gasteiger partial charge in [-0.05, 0) is 43.0 Å². The SMILES string of the molecule is CCCNCc1ccc(N2CCC(C)C2CO)c(F)c1. The maximum Gasteiger partial charge on any atom is 0.146 e. The molecular formula is C16H25FN2O. The van der Waals surface area contributed by atoms with Gasteiger partial charge in [-0.25, -0.2) is 4.39 Å². The van der Waals surface area contributed by atoms with Gasteiger partial charge in [-0.1, -0.05) is 19.9 Å². The first kappa shape index (κ1) is 15.3. The van der Waals surface area contributed by atoms with Gasteiger partial charge >= 0.3 is 0 Å². The van der Waals surface area contributed by atoms with Crippen LogP contribution >= 0.6 is 0 Å². The summed E-state index contributed by atoms with van der Waals surface area (Å²) < 4.78 is 14.3. The summed E-state index contributed by atoms with van der Waals surface area (Å²) in [5.41, 5.74) is 1.58. The fourth-order valence-corrected chi connectivity index (χ4v) is 2.89. The van der Waals surface area contributed by atoms with E-state index in [1.807, 2.05) is 17.0 Å². The highest BCUT2D eigenvalue weighted by molar-refractivity contribution is 5.51. The topological polar surface area (TPSA) is 35.5 Å². The average molecular weight is 280 g/mol. The standard InChI is InChI=1S/C16H25FN2O/c1-3-7-18-10-13-4-5-15(14(17)9-13)19-8-6-12(2)16(19)11-20/h4-5,9,12,16,18,20H,3,6-8,10-11H2,1-2H3. The van der Waals surface area contributed by atoms with Crippen LogP contribution in [0.25, 0.3) is 0 Å². The first-order valence-electron chi connectivity index (χ1n) is 7.54. The lowest BCUT2D eigenvalue weighted by molar-refractivity contribution is 0.244. The van der Waals surface area contributed by atoms with Crippen LogP contribution in [0.1, 0.15) is 32.3 Å². The number of anilines is 1. The van der Waals surface area contributed by atoms with Crippen LogP contribution < -0.4 is 10.2 Å². The number of benzene rings is 1. The zero-order valence-electron chi connectivity index (χ0n) is 12.4. The minimum absolute atomic E-state index is 0.0357. The summed E-state index contributed by atoms with van der Waals surface area (Å²) in [6.07, 6.45) is 2.08. The molecule has 0 aromatic heterocycles. The largest absolute Gasteiger partial charge is 0.394 e. The summed E-state index contributed by atoms with van der Waals surface area (Å²) in [4.78, 5) is 2.00. The molecule has 1 aromatic rings. The molecule has 0 bridgehead atoms. The van der Waals surface area contributed by atoms with Crippen LogP contribution in [0, 0.1) is 11.7 Å². The number of nitrogens with one attached hydrogen (secondary N) is 1. The van der Waals surface area contributed by atoms with Crippen molar-refractivity contribution in [3.8, 4) is 0 Å². The summed E-state index contributed by atoms with van der Waals surface area (Å²) in [6.45, 7) is 6.77. The van der Waals surface area contributed by atoms with Gasteiger partial charge < -0.3 is 15.3 Å². The highest BCUT2D eigenvalue weighted by Gasteiger charge is 2.31. The van der Waals surface area contributed by atoms with E-state index < -0.39 is 0 Å². The minimum atomic E-state index is -0.187. The monoisotopic (exact) mass is 280 g/mol. The minimum Gasteiger partial charge on any atom is -0.394 e. The van der Waals surface area contributed by atoms with Gasteiger partial charge in [-0.15, -0.1) is 0 Å². The molecule has 4 heteroatoms. The second kappa shape index (κ2) is 7.04. The predicted octanol–water partition coefficient (Wildman–Crippen LogP) is 2.53. The van der Waals surface area contributed by atoms with Crippen molar-refractivity contribution in [3.05, 3.63) is 29.6 Å². The smallest absolute Gasteiger partial charge is 0.146 e. The molecule has 3 nitrogen and oxygen atoms in total. The van der Waals surface area contributed by atoms with E-state index in [1.165, 1.54) is 0 Å². The van der Waals surface area contributed by atoms with Crippen LogP contribution in [0.3, 0.4) is 0 Å². The predicted molar refractivity (Wildman–Crippen MR) is 80.4 cm³/mol. The van der Waals surface area contributed by atoms with E-state index in [0.717, 1.165) is 31.5 Å². The Labute approximate surface area is 120 Å². The van der Waals surface area contributed by atoms with Crippen molar-refractivity contribution in [2.45, 2.75) is 39.3 Å². The van der Waals surface area contributed by atoms with Crippen LogP contribution in [0.5, 0.6) is 0 Å². The van der Waals surface area contributed by atoms with E-state index in [1.54, 1.807) is 6.07 Å². The number of nitrogens with zero attached hydrogens (tertiary/aromatic N) is 1. The number of rotatable bonds is 6. The fraction of sp³-hybridized carbons (Fsp3) is 0.625. The number of aliphatic hydroxyl groups is 1. The molecule has 1 aliphatic heterocycles. The molecule has 2 rings (SSSR count). The number of aliphatic hydroxyl groups excluding tert-OH is 1. The zero-order chi connectivity index (χ0) is 14.5. The van der Waals surface area contributed by atoms with Gasteiger partial charge in [-0.2, -0.15) is 0 Å². The molecular weight excluding hydrogens is 255 g/mol. The molecule has 1 aliphatic rings. The Kier molecular flexibility index (Phi) is 5.38. The van der Waals surface area contributed by atoms with Gasteiger partial charge in [0.1, 0.15) is 5.82 Å². The summed E-state index contributed by atoms with van der Waals surface area (Å²) in [6, 6.07) is 5.46. The van der Waals surface area contributed by atoms with Crippen LogP contribution in [0.2, 0.25) is 0 Å². The van der Waals surface area contributed by atoms with Gasteiger partial charge in [0.2, 0.25) is 0 Å². The molecule has 2 unspecified atom stereocenters. The molecule has 0 saturated carbocycles. The third kappa shape index (κ3) is 3.30. The van der Waals surface area contributed by atoms with Crippen LogP contribution in [0.15, 0.2) is 18.2 Å². The van der Waals surface area contributed by atoms with E-state index in [4.69, 9.17) is 0 Å². The summed E-state index contributed by atoms with van der Waals surface area (Å²) in [5.74, 6) is 0.221. The maximum absolute atomic E-state index is 14.3. The highest BCUT2D eigenvalue weighted by atomic mass is 19.1. The van der Waals surface area contributed by atoms with Crippen molar-refractivity contribution in [2.24, 2.45) is 5.92 Å². The first-order chi connectivity index (χ1) is 9.67. The molecule has 2 N–H and O–H groups in total. The first-order valence-corrected chi connectivity index (χ1v) is 7.54. The second-order valence-electron chi connectivity index (χ2n) is 5.67. The average Bonchev–Trinajstić information content (AvgIpc) is 2.80. The molecule has 1 heterocycles. The third-order valence-electron chi connectivity index (χ3n) is 4.15. The van der Waals surface area contributed by atoms with Gasteiger partial charge in [-0.3, -0.25) is 0 Å². The molecule has 0 aliphatic carbocycles. The Hall–Kier alpha value is -1.13. The molecule has 0 spiro atoms. The summed E-state index contributed by atoms with van der Waals surface area (Å²) in [5, 5.41) is 12.8. The molecule has 112 valence electrons. The number of halogens is 1. The van der Waals surface area contributed by atoms with Gasteiger partial charge in [0, 0.05) is 13.1 Å². The fourth-order valence-electron chi connectivity index (χ4n) is 2.89. The Balaban J connectivity index is 2.09. The molecule has 20 heavy (non-hydrogen) atoms. The quantitative estimate of drug-likeness (QED) is 0.786. The highest BCUT2D eigenvalue weighted by Crippen LogP contribution is 2.31. The van der Waals surface area contributed by atoms with E-state index >= 15 is 0 Å². The lowest BCUT2D eigenvalue weighted by atomic mass is 10.0. The lowest BCUT2D eigenvalue weighted by Crippen LogP contribution is -2.35. The van der Waals surface area contributed by atoms with Gasteiger partial charge in [0.25, 0.3) is 0 Å². The van der Waals surface area contributed by atoms with Crippen molar-refractivity contribution >= 4 is 5.69 Å². The molecule has 1 fully saturated rings. The molecule has 2 atom stereocenters. The summed E-state index contributed by atoms with van der Waals surface area (Å²) >= 11 is 0. The number of hydrogen-bond acceptors (Lipinski definition) is 3. The van der Waals surface area contributed by atoms with Crippen molar-refractivity contribution in [1.82, 2.24) is 5.32 Å². The number of hydrogen-bond donors (Lipinski definition) is 2. The third-order valence-corrected chi connectivity index (χ3v) is 4.15. The molecule has 0 radical (unpaired) electrons. The second-order valence-corrected chi connectivity index (χ2v) is 5.67. The van der Waals surface area contributed by atoms with Crippen molar-refractivity contribution in [3.63, 3.8) is 0 Å². The maximum atomic E-state index is 14.3. The molecule has 1 saturated heterocycles. The Morgan fingerprint density at radius 1 is 1.45 bits per heavy atom. The summed E-state index contributed by atoms with van der Waals surface area (Å²) in [7, 11) is 0. The van der Waals surface area contributed by atoms with E-state index in [0.29, 0.717) is 18.2 Å². The van der Waals surface area contributed by atoms with Gasteiger partial charge in [0.05, 0.1) is 18.3 Å². The van der Waals surface area contributed by atoms with E-state index in [2.05, 4.69) is 19.2 Å². The van der Waals surface area contributed by atoms with Crippen molar-refractivity contribution < 1.29 is 9.50 Å². The van der Waals surface area contributed by atoms with Crippen LogP contribution in [0.4, 0.5) is 10.1 Å². The Morgan fingerprint density at radius 3 is 2.90 bits per heavy atom. The van der Waals surface area contributed by atoms with Crippen molar-refractivity contribution in [2.75, 3.05) is 24.6 Å². The van der Waals surface area contributed by atoms with Crippen LogP contribution in [-0.4, -0.2) is 30.8 Å². The normalized spacial score (nSPS) is 22.5. The Bertz CT molecular complexity index is 438. The Morgan fingerprint density at radius 2 is 2.25 bits per heavy atom.